The number of nitrogens with one attached hydrogen (secondary N) is 1. The first-order valence-electron chi connectivity index (χ1n) is 8.17. The Morgan fingerprint density at radius 2 is 1.84 bits per heavy atom. The number of alkyl halides is 2. The first kappa shape index (κ1) is 17.5. The Hall–Kier alpha value is -2.31. The van der Waals surface area contributed by atoms with E-state index in [2.05, 4.69) is 10.4 Å². The maximum atomic E-state index is 14.3. The molecular weight excluding hydrogens is 331 g/mol. The van der Waals surface area contributed by atoms with Crippen molar-refractivity contribution in [1.29, 1.82) is 0 Å². The molecule has 1 aliphatic carbocycles. The third-order valence-corrected chi connectivity index (χ3v) is 5.28. The molecule has 0 bridgehead atoms. The fourth-order valence-electron chi connectivity index (χ4n) is 3.66. The maximum absolute atomic E-state index is 14.3. The maximum Gasteiger partial charge on any atom is 0.282 e. The molecule has 1 aliphatic rings. The van der Waals surface area contributed by atoms with Gasteiger partial charge in [0.05, 0.1) is 5.56 Å². The number of nitrogens with zero attached hydrogens (tertiary/aromatic N) is 2. The molecule has 1 aromatic heterocycles. The van der Waals surface area contributed by atoms with Crippen LogP contribution in [0, 0.1) is 11.7 Å². The van der Waals surface area contributed by atoms with Gasteiger partial charge in [0.25, 0.3) is 12.3 Å². The molecule has 3 atom stereocenters. The van der Waals surface area contributed by atoms with Gasteiger partial charge in [0.15, 0.2) is 0 Å². The highest BCUT2D eigenvalue weighted by Crippen LogP contribution is 2.49. The van der Waals surface area contributed by atoms with Gasteiger partial charge in [-0.2, -0.15) is 5.10 Å². The van der Waals surface area contributed by atoms with Crippen LogP contribution in [0.3, 0.4) is 0 Å². The van der Waals surface area contributed by atoms with E-state index < -0.39 is 18.0 Å². The summed E-state index contributed by atoms with van der Waals surface area (Å²) in [7, 11) is 1.48. The summed E-state index contributed by atoms with van der Waals surface area (Å²) in [6, 6.07) is 2.80. The van der Waals surface area contributed by atoms with Crippen LogP contribution in [0.1, 0.15) is 66.2 Å². The van der Waals surface area contributed by atoms with Crippen molar-refractivity contribution in [3.8, 4) is 0 Å². The van der Waals surface area contributed by atoms with Gasteiger partial charge in [0, 0.05) is 18.9 Å². The van der Waals surface area contributed by atoms with Gasteiger partial charge in [-0.05, 0) is 41.0 Å². The predicted molar refractivity (Wildman–Crippen MR) is 88.5 cm³/mol. The van der Waals surface area contributed by atoms with Crippen molar-refractivity contribution in [2.24, 2.45) is 13.0 Å². The molecule has 1 heterocycles. The Morgan fingerprint density at radius 1 is 1.20 bits per heavy atom. The quantitative estimate of drug-likeness (QED) is 0.878. The molecule has 0 saturated carbocycles. The van der Waals surface area contributed by atoms with Gasteiger partial charge in [-0.3, -0.25) is 9.48 Å². The lowest BCUT2D eigenvalue weighted by Crippen LogP contribution is -2.15. The van der Waals surface area contributed by atoms with Crippen LogP contribution < -0.4 is 5.32 Å². The number of halogens is 3. The Labute approximate surface area is 144 Å². The summed E-state index contributed by atoms with van der Waals surface area (Å²) in [5, 5.41) is 6.32. The molecule has 134 valence electrons. The zero-order valence-electron chi connectivity index (χ0n) is 14.5. The van der Waals surface area contributed by atoms with Gasteiger partial charge < -0.3 is 5.32 Å². The van der Waals surface area contributed by atoms with Crippen molar-refractivity contribution in [2.75, 3.05) is 5.32 Å². The van der Waals surface area contributed by atoms with Gasteiger partial charge in [-0.15, -0.1) is 0 Å². The van der Waals surface area contributed by atoms with Crippen molar-refractivity contribution < 1.29 is 18.0 Å². The summed E-state index contributed by atoms with van der Waals surface area (Å²) < 4.78 is 41.6. The average molecular weight is 351 g/mol. The molecule has 3 unspecified atom stereocenters. The second kappa shape index (κ2) is 6.20. The first-order valence-corrected chi connectivity index (χ1v) is 8.17. The van der Waals surface area contributed by atoms with Gasteiger partial charge >= 0.3 is 0 Å². The molecule has 0 radical (unpaired) electrons. The van der Waals surface area contributed by atoms with E-state index >= 15 is 0 Å². The lowest BCUT2D eigenvalue weighted by molar-refractivity contribution is 0.101. The smallest absolute Gasteiger partial charge is 0.282 e. The van der Waals surface area contributed by atoms with E-state index in [4.69, 9.17) is 0 Å². The molecule has 4 nitrogen and oxygen atoms in total. The molecule has 3 rings (SSSR count). The SMILES string of the molecule is CC1c2c(F)ccc(NC(=O)c3cn(C)nc3C(F)F)c2C(C)C1C. The number of amides is 1. The second-order valence-electron chi connectivity index (χ2n) is 6.72. The van der Waals surface area contributed by atoms with Gasteiger partial charge in [-0.25, -0.2) is 13.2 Å². The van der Waals surface area contributed by atoms with Crippen LogP contribution in [0.4, 0.5) is 18.9 Å². The minimum atomic E-state index is -2.85. The number of fused-ring (bicyclic) bond motifs is 1. The van der Waals surface area contributed by atoms with Crippen molar-refractivity contribution in [2.45, 2.75) is 39.0 Å². The van der Waals surface area contributed by atoms with Crippen molar-refractivity contribution in [1.82, 2.24) is 9.78 Å². The van der Waals surface area contributed by atoms with Crippen LogP contribution in [0.25, 0.3) is 0 Å². The average Bonchev–Trinajstić information content (AvgIpc) is 3.05. The summed E-state index contributed by atoms with van der Waals surface area (Å²) in [6.07, 6.45) is -1.59. The number of carbonyl (C=O) groups excluding carboxylic acids is 1. The summed E-state index contributed by atoms with van der Waals surface area (Å²) in [4.78, 5) is 12.5. The Kier molecular flexibility index (Phi) is 4.34. The van der Waals surface area contributed by atoms with Crippen LogP contribution >= 0.6 is 0 Å². The lowest BCUT2D eigenvalue weighted by Gasteiger charge is -2.15. The van der Waals surface area contributed by atoms with Gasteiger partial charge in [0.1, 0.15) is 11.5 Å². The second-order valence-corrected chi connectivity index (χ2v) is 6.72. The third-order valence-electron chi connectivity index (χ3n) is 5.28. The number of hydrogen-bond donors (Lipinski definition) is 1. The number of rotatable bonds is 3. The van der Waals surface area contributed by atoms with Crippen molar-refractivity contribution in [3.63, 3.8) is 0 Å². The topological polar surface area (TPSA) is 46.9 Å². The van der Waals surface area contributed by atoms with Gasteiger partial charge in [-0.1, -0.05) is 20.8 Å². The molecule has 1 amide bonds. The zero-order valence-corrected chi connectivity index (χ0v) is 14.5. The molecule has 1 aromatic carbocycles. The Balaban J connectivity index is 1.99. The molecule has 0 aliphatic heterocycles. The molecule has 1 N–H and O–H groups in total. The summed E-state index contributed by atoms with van der Waals surface area (Å²) in [5.41, 5.74) is 1.07. The molecule has 25 heavy (non-hydrogen) atoms. The number of benzene rings is 1. The van der Waals surface area contributed by atoms with Crippen LogP contribution in [0.2, 0.25) is 0 Å². The van der Waals surface area contributed by atoms with Crippen LogP contribution in [-0.2, 0) is 7.05 Å². The van der Waals surface area contributed by atoms with E-state index in [1.54, 1.807) is 0 Å². The van der Waals surface area contributed by atoms with Crippen molar-refractivity contribution >= 4 is 11.6 Å². The number of aromatic nitrogens is 2. The molecule has 0 fully saturated rings. The van der Waals surface area contributed by atoms with Crippen LogP contribution in [0.5, 0.6) is 0 Å². The van der Waals surface area contributed by atoms with E-state index in [1.807, 2.05) is 20.8 Å². The normalized spacial score (nSPS) is 22.3. The van der Waals surface area contributed by atoms with Crippen LogP contribution in [-0.4, -0.2) is 15.7 Å². The molecule has 2 aromatic rings. The van der Waals surface area contributed by atoms with E-state index in [0.717, 1.165) is 5.56 Å². The standard InChI is InChI=1S/C18H20F3N3O/c1-8-9(2)14-12(19)5-6-13(15(14)10(8)3)22-18(25)11-7-24(4)23-16(11)17(20)21/h5-10,17H,1-4H3,(H,22,25). The Bertz CT molecular complexity index is 831. The Morgan fingerprint density at radius 3 is 2.48 bits per heavy atom. The third kappa shape index (κ3) is 2.81. The number of carbonyl (C=O) groups is 1. The highest BCUT2D eigenvalue weighted by atomic mass is 19.3. The zero-order chi connectivity index (χ0) is 18.5. The summed E-state index contributed by atoms with van der Waals surface area (Å²) >= 11 is 0. The predicted octanol–water partition coefficient (Wildman–Crippen LogP) is 4.61. The number of hydrogen-bond acceptors (Lipinski definition) is 2. The van der Waals surface area contributed by atoms with E-state index in [9.17, 15) is 18.0 Å². The molecule has 0 saturated heterocycles. The van der Waals surface area contributed by atoms with Crippen LogP contribution in [0.15, 0.2) is 18.3 Å². The fraction of sp³-hybridized carbons (Fsp3) is 0.444. The largest absolute Gasteiger partial charge is 0.322 e. The minimum Gasteiger partial charge on any atom is -0.322 e. The highest BCUT2D eigenvalue weighted by Gasteiger charge is 2.37. The van der Waals surface area contributed by atoms with Gasteiger partial charge in [0.2, 0.25) is 0 Å². The monoisotopic (exact) mass is 351 g/mol. The minimum absolute atomic E-state index is 0.0249. The summed E-state index contributed by atoms with van der Waals surface area (Å²) in [5.74, 6) is -0.670. The lowest BCUT2D eigenvalue weighted by atomic mass is 9.91. The first-order chi connectivity index (χ1) is 11.7. The number of anilines is 1. The summed E-state index contributed by atoms with van der Waals surface area (Å²) in [6.45, 7) is 5.98. The fourth-order valence-corrected chi connectivity index (χ4v) is 3.66. The molecule has 0 spiro atoms. The van der Waals surface area contributed by atoms with E-state index in [1.165, 1.54) is 30.1 Å². The van der Waals surface area contributed by atoms with E-state index in [-0.39, 0.29) is 29.1 Å². The molecular formula is C18H20F3N3O. The van der Waals surface area contributed by atoms with E-state index in [0.29, 0.717) is 11.3 Å². The van der Waals surface area contributed by atoms with Crippen molar-refractivity contribution in [3.05, 3.63) is 46.5 Å². The highest BCUT2D eigenvalue weighted by molar-refractivity contribution is 6.05. The molecule has 7 heteroatoms. The number of aryl methyl sites for hydroxylation is 1.